The van der Waals surface area contributed by atoms with Gasteiger partial charge in [-0.2, -0.15) is 23.0 Å². The maximum atomic E-state index is 3.19. The van der Waals surface area contributed by atoms with Gasteiger partial charge in [0.2, 0.25) is 0 Å². The van der Waals surface area contributed by atoms with E-state index in [1.54, 1.807) is 0 Å². The summed E-state index contributed by atoms with van der Waals surface area (Å²) >= 11 is 0. The molecule has 0 N–H and O–H groups in total. The van der Waals surface area contributed by atoms with Crippen LogP contribution in [0.3, 0.4) is 0 Å². The van der Waals surface area contributed by atoms with Crippen LogP contribution in [0, 0.1) is 19.9 Å². The summed E-state index contributed by atoms with van der Waals surface area (Å²) in [5.74, 6) is 2.22. The third kappa shape index (κ3) is 10.2. The standard InChI is InChI=1S/C7H9.C6H8P.2ClH.Ti/c1-6-3-4-7(2)5-6;1-5-3-6(2)7-4-5;;;/h5H,3H2,1-2H3;3-4H,1-2H3;2*1H;/q2*-1;;;+2. The Kier molecular flexibility index (Phi) is 15.5. The number of rotatable bonds is 0. The average molecular weight is 325 g/mol. The maximum absolute atomic E-state index is 3.19. The fourth-order valence-corrected chi connectivity index (χ4v) is 2.12. The molecule has 0 atom stereocenters. The summed E-state index contributed by atoms with van der Waals surface area (Å²) in [6.07, 6.45) is 6.41. The van der Waals surface area contributed by atoms with E-state index in [0.29, 0.717) is 0 Å². The number of aryl methyl sites for hydroxylation is 2. The molecule has 0 saturated carbocycles. The van der Waals surface area contributed by atoms with Crippen molar-refractivity contribution in [3.8, 4) is 0 Å². The number of hydrogen-bond donors (Lipinski definition) is 0. The molecule has 0 radical (unpaired) electrons. The molecule has 1 aliphatic carbocycles. The van der Waals surface area contributed by atoms with E-state index in [9.17, 15) is 0 Å². The first kappa shape index (κ1) is 22.7. The summed E-state index contributed by atoms with van der Waals surface area (Å²) in [6, 6.07) is 2.21. The molecular weight excluding hydrogens is 306 g/mol. The Morgan fingerprint density at radius 3 is 1.94 bits per heavy atom. The molecule has 0 fully saturated rings. The molecule has 0 spiro atoms. The zero-order valence-electron chi connectivity index (χ0n) is 10.7. The van der Waals surface area contributed by atoms with Gasteiger partial charge in [0, 0.05) is 0 Å². The van der Waals surface area contributed by atoms with Gasteiger partial charge >= 0.3 is 21.7 Å². The van der Waals surface area contributed by atoms with E-state index in [4.69, 9.17) is 0 Å². The number of halogens is 2. The van der Waals surface area contributed by atoms with E-state index in [-0.39, 0.29) is 46.5 Å². The molecular formula is C13H19Cl2PTi. The van der Waals surface area contributed by atoms with Gasteiger partial charge < -0.3 is 0 Å². The van der Waals surface area contributed by atoms with Gasteiger partial charge in [0.25, 0.3) is 0 Å². The van der Waals surface area contributed by atoms with Crippen molar-refractivity contribution in [3.05, 3.63) is 46.0 Å². The molecule has 1 aliphatic rings. The normalized spacial score (nSPS) is 12.2. The van der Waals surface area contributed by atoms with Crippen LogP contribution in [0.1, 0.15) is 31.1 Å². The molecule has 17 heavy (non-hydrogen) atoms. The van der Waals surface area contributed by atoms with E-state index in [1.165, 1.54) is 30.2 Å². The molecule has 4 heteroatoms. The van der Waals surface area contributed by atoms with E-state index >= 15 is 0 Å². The second kappa shape index (κ2) is 11.6. The first-order chi connectivity index (χ1) is 6.58. The van der Waals surface area contributed by atoms with Crippen molar-refractivity contribution in [2.24, 2.45) is 0 Å². The van der Waals surface area contributed by atoms with Crippen molar-refractivity contribution in [3.63, 3.8) is 0 Å². The Balaban J connectivity index is -0.000000196. The minimum atomic E-state index is 0. The molecule has 0 bridgehead atoms. The Hall–Kier alpha value is 0.554. The van der Waals surface area contributed by atoms with Crippen LogP contribution in [0.15, 0.2) is 29.1 Å². The van der Waals surface area contributed by atoms with E-state index in [0.717, 1.165) is 6.42 Å². The van der Waals surface area contributed by atoms with E-state index in [1.807, 2.05) is 0 Å². The van der Waals surface area contributed by atoms with Crippen LogP contribution in [0.5, 0.6) is 0 Å². The van der Waals surface area contributed by atoms with Gasteiger partial charge in [-0.05, 0) is 0 Å². The average Bonchev–Trinajstić information content (AvgIpc) is 2.63. The van der Waals surface area contributed by atoms with Gasteiger partial charge in [-0.25, -0.2) is 19.8 Å². The molecule has 0 aliphatic heterocycles. The largest absolute Gasteiger partial charge is 2.00 e. The summed E-state index contributed by atoms with van der Waals surface area (Å²) in [5.41, 5.74) is 4.12. The summed E-state index contributed by atoms with van der Waals surface area (Å²) in [7, 11) is 1.38. The van der Waals surface area contributed by atoms with E-state index < -0.39 is 0 Å². The molecule has 0 nitrogen and oxygen atoms in total. The minimum absolute atomic E-state index is 0. The van der Waals surface area contributed by atoms with Crippen molar-refractivity contribution >= 4 is 33.0 Å². The quantitative estimate of drug-likeness (QED) is 0.435. The van der Waals surface area contributed by atoms with Crippen LogP contribution in [0.25, 0.3) is 0 Å². The van der Waals surface area contributed by atoms with Crippen molar-refractivity contribution < 1.29 is 21.7 Å². The predicted octanol–water partition coefficient (Wildman–Crippen LogP) is 5.53. The Bertz CT molecular complexity index is 351. The smallest absolute Gasteiger partial charge is 0.270 e. The predicted molar refractivity (Wildman–Crippen MR) is 79.3 cm³/mol. The van der Waals surface area contributed by atoms with Crippen molar-refractivity contribution in [2.75, 3.05) is 0 Å². The molecule has 1 aromatic rings. The first-order valence-electron chi connectivity index (χ1n) is 4.88. The van der Waals surface area contributed by atoms with Gasteiger partial charge in [0.15, 0.2) is 0 Å². The second-order valence-electron chi connectivity index (χ2n) is 3.82. The van der Waals surface area contributed by atoms with Gasteiger partial charge in [-0.3, -0.25) is 6.08 Å². The molecule has 0 aromatic carbocycles. The molecule has 0 saturated heterocycles. The Morgan fingerprint density at radius 2 is 1.82 bits per heavy atom. The van der Waals surface area contributed by atoms with Crippen LogP contribution in [-0.4, -0.2) is 0 Å². The second-order valence-corrected chi connectivity index (χ2v) is 5.04. The summed E-state index contributed by atoms with van der Waals surface area (Å²) in [4.78, 5) is 0. The molecule has 0 unspecified atom stereocenters. The van der Waals surface area contributed by atoms with Crippen LogP contribution >= 0.6 is 33.0 Å². The van der Waals surface area contributed by atoms with Crippen LogP contribution in [0.4, 0.5) is 0 Å². The van der Waals surface area contributed by atoms with Crippen LogP contribution in [0.2, 0.25) is 0 Å². The molecule has 1 aromatic heterocycles. The molecule has 2 rings (SSSR count). The Labute approximate surface area is 134 Å². The van der Waals surface area contributed by atoms with Crippen LogP contribution in [-0.2, 0) is 21.7 Å². The van der Waals surface area contributed by atoms with Gasteiger partial charge in [-0.1, -0.05) is 27.7 Å². The minimum Gasteiger partial charge on any atom is -0.270 e. The third-order valence-corrected chi connectivity index (χ3v) is 3.09. The monoisotopic (exact) mass is 324 g/mol. The topological polar surface area (TPSA) is 0 Å². The third-order valence-electron chi connectivity index (χ3n) is 2.02. The Morgan fingerprint density at radius 1 is 1.24 bits per heavy atom. The van der Waals surface area contributed by atoms with Gasteiger partial charge in [0.05, 0.1) is 0 Å². The number of hydrogen-bond acceptors (Lipinski definition) is 0. The van der Waals surface area contributed by atoms with Crippen LogP contribution < -0.4 is 0 Å². The number of allylic oxidation sites excluding steroid dienone is 4. The fraction of sp³-hybridized carbons (Fsp3) is 0.385. The summed E-state index contributed by atoms with van der Waals surface area (Å²) < 4.78 is 0. The SMILES string of the molecule is CC1=[C-]CC(C)=C1.Cc1cp[c-](C)c1.Cl.Cl.[Ti+2]. The van der Waals surface area contributed by atoms with E-state index in [2.05, 4.69) is 51.7 Å². The summed E-state index contributed by atoms with van der Waals surface area (Å²) in [6.45, 7) is 8.48. The summed E-state index contributed by atoms with van der Waals surface area (Å²) in [5, 5.41) is 1.46. The van der Waals surface area contributed by atoms with Gasteiger partial charge in [-0.15, -0.1) is 36.5 Å². The molecule has 0 amide bonds. The fourth-order valence-electron chi connectivity index (χ4n) is 1.36. The zero-order valence-corrected chi connectivity index (χ0v) is 14.8. The zero-order chi connectivity index (χ0) is 10.6. The van der Waals surface area contributed by atoms with Crippen molar-refractivity contribution in [1.29, 1.82) is 0 Å². The first-order valence-corrected chi connectivity index (χ1v) is 5.85. The van der Waals surface area contributed by atoms with Crippen molar-refractivity contribution in [1.82, 2.24) is 0 Å². The molecule has 94 valence electrons. The van der Waals surface area contributed by atoms with Gasteiger partial charge in [0.1, 0.15) is 0 Å². The maximum Gasteiger partial charge on any atom is 2.00 e. The molecule has 1 heterocycles. The van der Waals surface area contributed by atoms with Crippen molar-refractivity contribution in [2.45, 2.75) is 34.1 Å².